The summed E-state index contributed by atoms with van der Waals surface area (Å²) in [4.78, 5) is 31.2. The predicted octanol–water partition coefficient (Wildman–Crippen LogP) is 3.99. The Morgan fingerprint density at radius 3 is 2.57 bits per heavy atom. The highest BCUT2D eigenvalue weighted by atomic mass is 79.9. The number of para-hydroxylation sites is 2. The summed E-state index contributed by atoms with van der Waals surface area (Å²) >= 11 is 5.16. The number of thiazole rings is 1. The van der Waals surface area contributed by atoms with Crippen molar-refractivity contribution in [3.8, 4) is 0 Å². The second kappa shape index (κ2) is 9.68. The molecule has 1 fully saturated rings. The average Bonchev–Trinajstić information content (AvgIpc) is 3.19. The Morgan fingerprint density at radius 1 is 1.07 bits per heavy atom. The molecular formula is C22H23BrN4O2S. The lowest BCUT2D eigenvalue weighted by atomic mass is 9.97. The van der Waals surface area contributed by atoms with Gasteiger partial charge in [0.1, 0.15) is 0 Å². The van der Waals surface area contributed by atoms with E-state index in [4.69, 9.17) is 4.98 Å². The fourth-order valence-electron chi connectivity index (χ4n) is 3.60. The quantitative estimate of drug-likeness (QED) is 0.552. The number of anilines is 1. The van der Waals surface area contributed by atoms with E-state index in [1.54, 1.807) is 17.4 Å². The molecule has 2 amide bonds. The molecule has 1 saturated heterocycles. The lowest BCUT2D eigenvalue weighted by Crippen LogP contribution is -2.43. The minimum Gasteiger partial charge on any atom is -0.346 e. The van der Waals surface area contributed by atoms with Gasteiger partial charge in [0.2, 0.25) is 11.8 Å². The zero-order valence-electron chi connectivity index (χ0n) is 16.4. The van der Waals surface area contributed by atoms with Crippen LogP contribution in [0, 0.1) is 0 Å². The number of carbonyl (C=O) groups excluding carboxylic acids is 2. The number of carbonyl (C=O) groups is 2. The molecule has 6 nitrogen and oxygen atoms in total. The third kappa shape index (κ3) is 5.24. The fraction of sp³-hybridized carbons (Fsp3) is 0.318. The van der Waals surface area contributed by atoms with Crippen molar-refractivity contribution in [2.75, 3.05) is 31.5 Å². The highest BCUT2D eigenvalue weighted by molar-refractivity contribution is 9.10. The van der Waals surface area contributed by atoms with Crippen LogP contribution in [-0.4, -0.2) is 47.9 Å². The summed E-state index contributed by atoms with van der Waals surface area (Å²) in [6.07, 6.45) is 1.99. The molecule has 0 atom stereocenters. The van der Waals surface area contributed by atoms with E-state index in [1.807, 2.05) is 30.3 Å². The van der Waals surface area contributed by atoms with Gasteiger partial charge in [-0.25, -0.2) is 4.98 Å². The molecule has 1 aromatic heterocycles. The van der Waals surface area contributed by atoms with Crippen LogP contribution in [0.2, 0.25) is 0 Å². The number of rotatable bonds is 6. The van der Waals surface area contributed by atoms with Crippen LogP contribution in [0.4, 0.5) is 5.69 Å². The van der Waals surface area contributed by atoms with E-state index in [1.165, 1.54) is 9.71 Å². The van der Waals surface area contributed by atoms with Gasteiger partial charge in [0.05, 0.1) is 34.0 Å². The molecule has 30 heavy (non-hydrogen) atoms. The number of fused-ring (bicyclic) bond motifs is 1. The van der Waals surface area contributed by atoms with Crippen molar-refractivity contribution in [3.05, 3.63) is 58.0 Å². The fourth-order valence-corrected chi connectivity index (χ4v) is 5.12. The number of likely N-dealkylation sites (tertiary alicyclic amines) is 1. The summed E-state index contributed by atoms with van der Waals surface area (Å²) < 4.78 is 2.04. The van der Waals surface area contributed by atoms with Crippen molar-refractivity contribution in [2.45, 2.75) is 18.8 Å². The lowest BCUT2D eigenvalue weighted by Gasteiger charge is -2.30. The number of piperidine rings is 1. The van der Waals surface area contributed by atoms with Crippen molar-refractivity contribution in [2.24, 2.45) is 0 Å². The van der Waals surface area contributed by atoms with E-state index in [-0.39, 0.29) is 18.4 Å². The number of nitrogens with zero attached hydrogens (tertiary/aromatic N) is 2. The minimum atomic E-state index is -0.246. The van der Waals surface area contributed by atoms with Crippen molar-refractivity contribution in [1.29, 1.82) is 0 Å². The second-order valence-corrected chi connectivity index (χ2v) is 9.29. The van der Waals surface area contributed by atoms with Crippen molar-refractivity contribution >= 4 is 55.0 Å². The molecule has 2 heterocycles. The first-order chi connectivity index (χ1) is 14.6. The van der Waals surface area contributed by atoms with Gasteiger partial charge in [-0.15, -0.1) is 11.3 Å². The Hall–Kier alpha value is -2.29. The maximum absolute atomic E-state index is 12.3. The summed E-state index contributed by atoms with van der Waals surface area (Å²) in [5, 5.41) is 6.69. The predicted molar refractivity (Wildman–Crippen MR) is 124 cm³/mol. The first-order valence-corrected chi connectivity index (χ1v) is 11.6. The number of nitrogens with one attached hydrogen (secondary N) is 2. The van der Waals surface area contributed by atoms with Gasteiger partial charge in [-0.2, -0.15) is 0 Å². The number of aromatic nitrogens is 1. The van der Waals surface area contributed by atoms with Gasteiger partial charge in [0.15, 0.2) is 0 Å². The smallest absolute Gasteiger partial charge is 0.243 e. The van der Waals surface area contributed by atoms with Gasteiger partial charge < -0.3 is 10.6 Å². The molecule has 2 N–H and O–H groups in total. The number of amides is 2. The molecule has 0 radical (unpaired) electrons. The number of hydrogen-bond donors (Lipinski definition) is 2. The van der Waals surface area contributed by atoms with Crippen LogP contribution in [0.25, 0.3) is 10.2 Å². The summed E-state index contributed by atoms with van der Waals surface area (Å²) in [6, 6.07) is 15.6. The van der Waals surface area contributed by atoms with E-state index in [0.29, 0.717) is 18.2 Å². The van der Waals surface area contributed by atoms with Crippen LogP contribution in [0.5, 0.6) is 0 Å². The van der Waals surface area contributed by atoms with Gasteiger partial charge >= 0.3 is 0 Å². The van der Waals surface area contributed by atoms with Crippen LogP contribution < -0.4 is 10.6 Å². The number of halogens is 1. The standard InChI is InChI=1S/C22H23BrN4O2S/c23-16-5-1-2-6-17(16)25-20(28)13-24-21(29)14-27-11-9-15(10-12-27)22-26-18-7-3-4-8-19(18)30-22/h1-8,15H,9-14H2,(H,24,29)(H,25,28). The second-order valence-electron chi connectivity index (χ2n) is 7.38. The molecule has 4 rings (SSSR count). The highest BCUT2D eigenvalue weighted by Crippen LogP contribution is 2.33. The Kier molecular flexibility index (Phi) is 6.76. The van der Waals surface area contributed by atoms with Crippen LogP contribution in [-0.2, 0) is 9.59 Å². The molecule has 0 unspecified atom stereocenters. The number of hydrogen-bond acceptors (Lipinski definition) is 5. The first-order valence-electron chi connectivity index (χ1n) is 9.97. The maximum atomic E-state index is 12.3. The highest BCUT2D eigenvalue weighted by Gasteiger charge is 2.24. The van der Waals surface area contributed by atoms with E-state index < -0.39 is 0 Å². The molecule has 156 valence electrons. The van der Waals surface area contributed by atoms with E-state index in [9.17, 15) is 9.59 Å². The molecule has 8 heteroatoms. The minimum absolute atomic E-state index is 0.0393. The van der Waals surface area contributed by atoms with Gasteiger partial charge in [0, 0.05) is 10.4 Å². The Labute approximate surface area is 187 Å². The van der Waals surface area contributed by atoms with Crippen LogP contribution in [0.15, 0.2) is 53.0 Å². The zero-order valence-corrected chi connectivity index (χ0v) is 18.8. The third-order valence-electron chi connectivity index (χ3n) is 5.21. The molecular weight excluding hydrogens is 464 g/mol. The molecule has 0 saturated carbocycles. The molecule has 0 bridgehead atoms. The molecule has 0 aliphatic carbocycles. The Bertz CT molecular complexity index is 1010. The zero-order chi connectivity index (χ0) is 20.9. The van der Waals surface area contributed by atoms with Crippen LogP contribution in [0.3, 0.4) is 0 Å². The molecule has 0 spiro atoms. The largest absolute Gasteiger partial charge is 0.346 e. The van der Waals surface area contributed by atoms with E-state index >= 15 is 0 Å². The lowest BCUT2D eigenvalue weighted by molar-refractivity contribution is -0.125. The first kappa shape index (κ1) is 21.0. The third-order valence-corrected chi connectivity index (χ3v) is 7.10. The molecule has 3 aromatic rings. The van der Waals surface area contributed by atoms with Gasteiger partial charge in [-0.1, -0.05) is 24.3 Å². The SMILES string of the molecule is O=C(CN1CCC(c2nc3ccccc3s2)CC1)NCC(=O)Nc1ccccc1Br. The summed E-state index contributed by atoms with van der Waals surface area (Å²) in [5.74, 6) is 0.0808. The Morgan fingerprint density at radius 2 is 1.80 bits per heavy atom. The average molecular weight is 487 g/mol. The monoisotopic (exact) mass is 486 g/mol. The molecule has 1 aliphatic heterocycles. The Balaban J connectivity index is 1.20. The summed E-state index contributed by atoms with van der Waals surface area (Å²) in [5.41, 5.74) is 1.76. The maximum Gasteiger partial charge on any atom is 0.243 e. The number of benzene rings is 2. The van der Waals surface area contributed by atoms with Gasteiger partial charge in [0.25, 0.3) is 0 Å². The van der Waals surface area contributed by atoms with Gasteiger partial charge in [-0.05, 0) is 66.1 Å². The van der Waals surface area contributed by atoms with E-state index in [0.717, 1.165) is 35.9 Å². The molecule has 2 aromatic carbocycles. The van der Waals surface area contributed by atoms with Crippen molar-refractivity contribution in [3.63, 3.8) is 0 Å². The van der Waals surface area contributed by atoms with E-state index in [2.05, 4.69) is 43.6 Å². The van der Waals surface area contributed by atoms with Crippen molar-refractivity contribution < 1.29 is 9.59 Å². The van der Waals surface area contributed by atoms with Crippen LogP contribution in [0.1, 0.15) is 23.8 Å². The normalized spacial score (nSPS) is 15.2. The topological polar surface area (TPSA) is 74.3 Å². The van der Waals surface area contributed by atoms with Crippen molar-refractivity contribution in [1.82, 2.24) is 15.2 Å². The van der Waals surface area contributed by atoms with Crippen LogP contribution >= 0.6 is 27.3 Å². The van der Waals surface area contributed by atoms with Gasteiger partial charge in [-0.3, -0.25) is 14.5 Å². The summed E-state index contributed by atoms with van der Waals surface area (Å²) in [6.45, 7) is 1.99. The molecule has 1 aliphatic rings. The summed E-state index contributed by atoms with van der Waals surface area (Å²) in [7, 11) is 0.